The summed E-state index contributed by atoms with van der Waals surface area (Å²) >= 11 is 12.9. The molecule has 0 aliphatic rings. The molecular formula is C10H8BrClS2. The lowest BCUT2D eigenvalue weighted by atomic mass is 10.2. The number of halogens is 2. The van der Waals surface area contributed by atoms with E-state index >= 15 is 0 Å². The van der Waals surface area contributed by atoms with Crippen molar-refractivity contribution in [3.05, 3.63) is 27.5 Å². The Balaban J connectivity index is 2.71. The van der Waals surface area contributed by atoms with Gasteiger partial charge in [-0.15, -0.1) is 34.7 Å². The molecule has 0 bridgehead atoms. The van der Waals surface area contributed by atoms with E-state index in [1.807, 2.05) is 0 Å². The minimum atomic E-state index is 0.581. The molecule has 0 aliphatic heterocycles. The standard InChI is InChI=1S/C10H8BrClS2/c1-13-9-7-4-6(5-12)2-3-8(7)14-10(9)11/h2-4H,5H2,1H3. The van der Waals surface area contributed by atoms with E-state index in [4.69, 9.17) is 11.6 Å². The van der Waals surface area contributed by atoms with Crippen molar-refractivity contribution >= 4 is 60.7 Å². The molecule has 14 heavy (non-hydrogen) atoms. The average molecular weight is 308 g/mol. The summed E-state index contributed by atoms with van der Waals surface area (Å²) < 4.78 is 2.53. The van der Waals surface area contributed by atoms with Crippen LogP contribution in [0.5, 0.6) is 0 Å². The monoisotopic (exact) mass is 306 g/mol. The third-order valence-corrected chi connectivity index (χ3v) is 5.40. The summed E-state index contributed by atoms with van der Waals surface area (Å²) in [6.07, 6.45) is 2.10. The number of thiophene rings is 1. The van der Waals surface area contributed by atoms with Gasteiger partial charge in [-0.1, -0.05) is 6.07 Å². The Labute approximate surface area is 105 Å². The second-order valence-corrected chi connectivity index (χ2v) is 6.33. The van der Waals surface area contributed by atoms with Gasteiger partial charge >= 0.3 is 0 Å². The average Bonchev–Trinajstić information content (AvgIpc) is 2.52. The number of thioether (sulfide) groups is 1. The zero-order chi connectivity index (χ0) is 10.1. The molecule has 0 saturated carbocycles. The van der Waals surface area contributed by atoms with Crippen molar-refractivity contribution in [3.8, 4) is 0 Å². The molecule has 1 aromatic heterocycles. The SMILES string of the molecule is CSc1c(Br)sc2ccc(CCl)cc12. The van der Waals surface area contributed by atoms with Crippen molar-refractivity contribution < 1.29 is 0 Å². The van der Waals surface area contributed by atoms with Crippen LogP contribution in [-0.2, 0) is 5.88 Å². The van der Waals surface area contributed by atoms with Crippen molar-refractivity contribution in [1.29, 1.82) is 0 Å². The number of alkyl halides is 1. The number of benzene rings is 1. The van der Waals surface area contributed by atoms with Crippen LogP contribution in [0.2, 0.25) is 0 Å². The fourth-order valence-electron chi connectivity index (χ4n) is 1.37. The molecule has 0 unspecified atom stereocenters. The third-order valence-electron chi connectivity index (χ3n) is 2.03. The highest BCUT2D eigenvalue weighted by molar-refractivity contribution is 9.11. The predicted octanol–water partition coefficient (Wildman–Crippen LogP) is 5.12. The van der Waals surface area contributed by atoms with Crippen molar-refractivity contribution in [3.63, 3.8) is 0 Å². The van der Waals surface area contributed by atoms with Crippen LogP contribution in [-0.4, -0.2) is 6.26 Å². The predicted molar refractivity (Wildman–Crippen MR) is 70.9 cm³/mol. The largest absolute Gasteiger partial charge is 0.127 e. The van der Waals surface area contributed by atoms with Gasteiger partial charge in [0.1, 0.15) is 0 Å². The van der Waals surface area contributed by atoms with E-state index in [1.165, 1.54) is 24.3 Å². The van der Waals surface area contributed by atoms with Gasteiger partial charge in [0.2, 0.25) is 0 Å². The van der Waals surface area contributed by atoms with Gasteiger partial charge in [0.05, 0.1) is 3.79 Å². The second-order valence-electron chi connectivity index (χ2n) is 2.87. The second kappa shape index (κ2) is 4.44. The molecule has 2 aromatic rings. The first kappa shape index (κ1) is 10.8. The Hall–Kier alpha value is 0.300. The summed E-state index contributed by atoms with van der Waals surface area (Å²) in [5.74, 6) is 0.581. The van der Waals surface area contributed by atoms with Crippen LogP contribution in [0, 0.1) is 0 Å². The maximum atomic E-state index is 5.81. The van der Waals surface area contributed by atoms with Crippen LogP contribution in [0.3, 0.4) is 0 Å². The van der Waals surface area contributed by atoms with E-state index in [0.717, 1.165) is 0 Å². The normalized spacial score (nSPS) is 11.1. The number of hydrogen-bond acceptors (Lipinski definition) is 2. The molecule has 0 aliphatic carbocycles. The Morgan fingerprint density at radius 2 is 2.29 bits per heavy atom. The molecule has 74 valence electrons. The van der Waals surface area contributed by atoms with Crippen LogP contribution in [0.4, 0.5) is 0 Å². The first-order chi connectivity index (χ1) is 6.76. The molecule has 0 radical (unpaired) electrons. The lowest BCUT2D eigenvalue weighted by Gasteiger charge is -1.97. The van der Waals surface area contributed by atoms with Crippen molar-refractivity contribution in [2.75, 3.05) is 6.26 Å². The topological polar surface area (TPSA) is 0 Å². The highest BCUT2D eigenvalue weighted by atomic mass is 79.9. The van der Waals surface area contributed by atoms with Gasteiger partial charge < -0.3 is 0 Å². The molecular weight excluding hydrogens is 300 g/mol. The zero-order valence-corrected chi connectivity index (χ0v) is 11.5. The Bertz CT molecular complexity index is 464. The summed E-state index contributed by atoms with van der Waals surface area (Å²) in [6.45, 7) is 0. The molecule has 2 rings (SSSR count). The molecule has 1 heterocycles. The number of fused-ring (bicyclic) bond motifs is 1. The maximum Gasteiger partial charge on any atom is 0.0846 e. The van der Waals surface area contributed by atoms with Crippen molar-refractivity contribution in [2.24, 2.45) is 0 Å². The smallest absolute Gasteiger partial charge is 0.0846 e. The summed E-state index contributed by atoms with van der Waals surface area (Å²) in [5, 5.41) is 1.31. The first-order valence-corrected chi connectivity index (χ1v) is 7.44. The minimum absolute atomic E-state index is 0.581. The summed E-state index contributed by atoms with van der Waals surface area (Å²) in [6, 6.07) is 6.40. The molecule has 0 amide bonds. The van der Waals surface area contributed by atoms with Crippen molar-refractivity contribution in [2.45, 2.75) is 10.8 Å². The Kier molecular flexibility index (Phi) is 3.42. The zero-order valence-electron chi connectivity index (χ0n) is 7.51. The van der Waals surface area contributed by atoms with Crippen LogP contribution >= 0.6 is 50.6 Å². The molecule has 0 fully saturated rings. The quantitative estimate of drug-likeness (QED) is 0.548. The van der Waals surface area contributed by atoms with E-state index in [2.05, 4.69) is 40.4 Å². The number of hydrogen-bond donors (Lipinski definition) is 0. The molecule has 0 saturated heterocycles. The van der Waals surface area contributed by atoms with Crippen LogP contribution in [0.25, 0.3) is 10.1 Å². The minimum Gasteiger partial charge on any atom is -0.127 e. The van der Waals surface area contributed by atoms with E-state index < -0.39 is 0 Å². The van der Waals surface area contributed by atoms with Gasteiger partial charge in [-0.25, -0.2) is 0 Å². The highest BCUT2D eigenvalue weighted by Crippen LogP contribution is 2.41. The van der Waals surface area contributed by atoms with E-state index in [1.54, 1.807) is 23.1 Å². The van der Waals surface area contributed by atoms with Gasteiger partial charge in [-0.3, -0.25) is 0 Å². The van der Waals surface area contributed by atoms with Gasteiger partial charge in [0, 0.05) is 20.9 Å². The summed E-state index contributed by atoms with van der Waals surface area (Å²) in [4.78, 5) is 1.32. The van der Waals surface area contributed by atoms with Gasteiger partial charge in [0.15, 0.2) is 0 Å². The first-order valence-electron chi connectivity index (χ1n) is 4.07. The molecule has 0 atom stereocenters. The van der Waals surface area contributed by atoms with Crippen LogP contribution in [0.1, 0.15) is 5.56 Å². The lowest BCUT2D eigenvalue weighted by molar-refractivity contribution is 1.42. The van der Waals surface area contributed by atoms with E-state index in [0.29, 0.717) is 5.88 Å². The summed E-state index contributed by atoms with van der Waals surface area (Å²) in [7, 11) is 0. The molecule has 0 nitrogen and oxygen atoms in total. The van der Waals surface area contributed by atoms with Gasteiger partial charge in [-0.2, -0.15) is 0 Å². The van der Waals surface area contributed by atoms with Crippen LogP contribution in [0.15, 0.2) is 26.9 Å². The van der Waals surface area contributed by atoms with Crippen LogP contribution < -0.4 is 0 Å². The van der Waals surface area contributed by atoms with E-state index in [9.17, 15) is 0 Å². The molecule has 0 spiro atoms. The molecule has 4 heteroatoms. The summed E-state index contributed by atoms with van der Waals surface area (Å²) in [5.41, 5.74) is 1.18. The van der Waals surface area contributed by atoms with E-state index in [-0.39, 0.29) is 0 Å². The fraction of sp³-hybridized carbons (Fsp3) is 0.200. The lowest BCUT2D eigenvalue weighted by Crippen LogP contribution is -1.76. The fourth-order valence-corrected chi connectivity index (χ4v) is 4.55. The molecule has 1 aromatic carbocycles. The van der Waals surface area contributed by atoms with Gasteiger partial charge in [-0.05, 0) is 39.9 Å². The Morgan fingerprint density at radius 3 is 2.93 bits per heavy atom. The van der Waals surface area contributed by atoms with Gasteiger partial charge in [0.25, 0.3) is 0 Å². The highest BCUT2D eigenvalue weighted by Gasteiger charge is 2.09. The third kappa shape index (κ3) is 1.83. The number of rotatable bonds is 2. The Morgan fingerprint density at radius 1 is 1.50 bits per heavy atom. The molecule has 0 N–H and O–H groups in total. The maximum absolute atomic E-state index is 5.81. The van der Waals surface area contributed by atoms with Crippen molar-refractivity contribution in [1.82, 2.24) is 0 Å².